The van der Waals surface area contributed by atoms with Gasteiger partial charge in [0.15, 0.2) is 20.0 Å². The third-order valence-corrected chi connectivity index (χ3v) is 14.5. The summed E-state index contributed by atoms with van der Waals surface area (Å²) in [4.78, 5) is -1.31. The highest BCUT2D eigenvalue weighted by molar-refractivity contribution is 8.13. The van der Waals surface area contributed by atoms with Gasteiger partial charge in [-0.15, -0.1) is 0 Å². The number of rotatable bonds is 10. The van der Waals surface area contributed by atoms with Gasteiger partial charge in [-0.3, -0.25) is 0 Å². The van der Waals surface area contributed by atoms with Crippen molar-refractivity contribution in [1.29, 1.82) is 0 Å². The molecule has 0 aliphatic heterocycles. The third kappa shape index (κ3) is 6.92. The van der Waals surface area contributed by atoms with Crippen LogP contribution in [-0.2, 0) is 29.9 Å². The Kier molecular flexibility index (Phi) is 10.8. The predicted molar refractivity (Wildman–Crippen MR) is 153 cm³/mol. The zero-order valence-corrected chi connectivity index (χ0v) is 27.5. The SMILES string of the molecule is O=S(=O)([N-]S(=O)(=O)C(F)(F)C(F)(F)C(F)(F)S(=O)(=O)c1c(C2CCCCC2)cc(C2CCCCC2)cc1C1CCCCC1)C(F)(F)F. The van der Waals surface area contributed by atoms with Gasteiger partial charge in [0, 0.05) is 0 Å². The van der Waals surface area contributed by atoms with Crippen molar-refractivity contribution in [3.05, 3.63) is 33.0 Å². The second-order valence-corrected chi connectivity index (χ2v) is 18.0. The van der Waals surface area contributed by atoms with Gasteiger partial charge in [-0.2, -0.15) is 39.5 Å². The van der Waals surface area contributed by atoms with E-state index in [4.69, 9.17) is 0 Å². The van der Waals surface area contributed by atoms with Crippen LogP contribution in [0.2, 0.25) is 0 Å². The van der Waals surface area contributed by atoms with Gasteiger partial charge in [-0.25, -0.2) is 25.3 Å². The summed E-state index contributed by atoms with van der Waals surface area (Å²) in [5, 5.41) is -14.4. The monoisotopic (exact) mass is 748 g/mol. The normalized spacial score (nSPS) is 21.2. The topological polar surface area (TPSA) is 117 Å². The fraction of sp³-hybridized carbons (Fsp3) is 0.786. The van der Waals surface area contributed by atoms with Crippen molar-refractivity contribution in [3.63, 3.8) is 0 Å². The van der Waals surface area contributed by atoms with Gasteiger partial charge in [0.25, 0.3) is 9.84 Å². The van der Waals surface area contributed by atoms with Gasteiger partial charge in [0.2, 0.25) is 0 Å². The smallest absolute Gasteiger partial charge is 0.423 e. The first kappa shape index (κ1) is 38.2. The van der Waals surface area contributed by atoms with Crippen molar-refractivity contribution in [3.8, 4) is 0 Å². The van der Waals surface area contributed by atoms with Gasteiger partial charge in [-0.05, 0) is 73.0 Å². The minimum atomic E-state index is -7.98. The number of benzene rings is 1. The molecule has 0 aromatic heterocycles. The van der Waals surface area contributed by atoms with E-state index in [2.05, 4.69) is 0 Å². The maximum atomic E-state index is 15.8. The molecule has 0 heterocycles. The van der Waals surface area contributed by atoms with E-state index < -0.39 is 68.6 Å². The molecule has 4 rings (SSSR count). The lowest BCUT2D eigenvalue weighted by molar-refractivity contribution is -0.243. The van der Waals surface area contributed by atoms with E-state index >= 15 is 17.6 Å². The molecule has 3 aliphatic rings. The second kappa shape index (κ2) is 13.3. The number of sulfone groups is 1. The van der Waals surface area contributed by atoms with E-state index in [-0.39, 0.29) is 42.7 Å². The lowest BCUT2D eigenvalue weighted by atomic mass is 9.76. The lowest BCUT2D eigenvalue weighted by Crippen LogP contribution is -2.60. The molecule has 7 nitrogen and oxygen atoms in total. The maximum Gasteiger partial charge on any atom is 0.480 e. The van der Waals surface area contributed by atoms with Crippen molar-refractivity contribution in [2.45, 2.75) is 141 Å². The Morgan fingerprint density at radius 1 is 0.511 bits per heavy atom. The molecule has 0 N–H and O–H groups in total. The van der Waals surface area contributed by atoms with E-state index in [0.717, 1.165) is 23.4 Å². The molecule has 0 amide bonds. The molecule has 1 aromatic carbocycles. The fourth-order valence-electron chi connectivity index (χ4n) is 6.96. The van der Waals surface area contributed by atoms with Gasteiger partial charge >= 0.3 is 21.9 Å². The minimum Gasteiger partial charge on any atom is -0.423 e. The molecule has 47 heavy (non-hydrogen) atoms. The van der Waals surface area contributed by atoms with Crippen LogP contribution in [0.1, 0.15) is 131 Å². The van der Waals surface area contributed by atoms with Crippen molar-refractivity contribution < 1.29 is 64.8 Å². The largest absolute Gasteiger partial charge is 0.480 e. The quantitative estimate of drug-likeness (QED) is 0.221. The molecule has 0 radical (unpaired) electrons. The number of halogens is 9. The predicted octanol–water partition coefficient (Wildman–Crippen LogP) is 8.98. The molecule has 3 saturated carbocycles. The number of alkyl halides is 9. The van der Waals surface area contributed by atoms with Crippen molar-refractivity contribution >= 4 is 29.9 Å². The standard InChI is InChI=1S/C28H35F9NO6S3/c29-25(30,27(33,34)46(41,42)38-47(43,44)28(35,36)37)26(31,32)45(39,40)24-22(19-12-6-2-7-13-19)16-21(18-10-4-1-5-11-18)17-23(24)20-14-8-3-9-15-20/h16-20H,1-15H2/q-1. The van der Waals surface area contributed by atoms with Gasteiger partial charge < -0.3 is 4.13 Å². The van der Waals surface area contributed by atoms with Gasteiger partial charge in [0.1, 0.15) is 0 Å². The van der Waals surface area contributed by atoms with Crippen LogP contribution in [0, 0.1) is 0 Å². The molecule has 3 fully saturated rings. The van der Waals surface area contributed by atoms with Gasteiger partial charge in [0.05, 0.1) is 4.90 Å². The molecule has 19 heteroatoms. The Bertz CT molecular complexity index is 1590. The fourth-order valence-corrected chi connectivity index (χ4v) is 11.0. The van der Waals surface area contributed by atoms with Crippen LogP contribution in [0.3, 0.4) is 0 Å². The average Bonchev–Trinajstić information content (AvgIpc) is 3.00. The van der Waals surface area contributed by atoms with E-state index in [1.807, 2.05) is 0 Å². The Hall–Kier alpha value is -1.60. The van der Waals surface area contributed by atoms with E-state index in [1.165, 1.54) is 12.1 Å². The molecule has 3 aliphatic carbocycles. The van der Waals surface area contributed by atoms with Crippen molar-refractivity contribution in [1.82, 2.24) is 0 Å². The first-order valence-corrected chi connectivity index (χ1v) is 19.7. The number of nitrogens with zero attached hydrogens (tertiary/aromatic N) is 1. The zero-order chi connectivity index (χ0) is 35.3. The zero-order valence-electron chi connectivity index (χ0n) is 25.0. The van der Waals surface area contributed by atoms with Crippen LogP contribution >= 0.6 is 0 Å². The van der Waals surface area contributed by atoms with E-state index in [0.29, 0.717) is 56.9 Å². The van der Waals surface area contributed by atoms with Crippen LogP contribution in [0.15, 0.2) is 17.0 Å². The summed E-state index contributed by atoms with van der Waals surface area (Å²) >= 11 is 0. The summed E-state index contributed by atoms with van der Waals surface area (Å²) < 4.78 is 205. The molecule has 0 atom stereocenters. The molecule has 0 saturated heterocycles. The number of hydrogen-bond donors (Lipinski definition) is 0. The maximum absolute atomic E-state index is 15.8. The second-order valence-electron chi connectivity index (χ2n) is 12.6. The highest BCUT2D eigenvalue weighted by Crippen LogP contribution is 2.56. The highest BCUT2D eigenvalue weighted by Gasteiger charge is 2.80. The third-order valence-electron chi connectivity index (χ3n) is 9.49. The van der Waals surface area contributed by atoms with Gasteiger partial charge in [-0.1, -0.05) is 69.9 Å². The Labute approximate surface area is 268 Å². The Morgan fingerprint density at radius 2 is 0.872 bits per heavy atom. The van der Waals surface area contributed by atoms with Crippen LogP contribution in [0.4, 0.5) is 39.5 Å². The molecule has 0 bridgehead atoms. The Balaban J connectivity index is 1.94. The van der Waals surface area contributed by atoms with Crippen molar-refractivity contribution in [2.75, 3.05) is 0 Å². The van der Waals surface area contributed by atoms with Crippen molar-refractivity contribution in [2.24, 2.45) is 0 Å². The lowest BCUT2D eigenvalue weighted by Gasteiger charge is -2.37. The molecule has 1 aromatic rings. The minimum absolute atomic E-state index is 0.112. The highest BCUT2D eigenvalue weighted by atomic mass is 32.3. The summed E-state index contributed by atoms with van der Waals surface area (Å²) in [6.07, 6.45) is 8.52. The first-order chi connectivity index (χ1) is 21.5. The summed E-state index contributed by atoms with van der Waals surface area (Å²) in [6.45, 7) is 0. The molecule has 0 spiro atoms. The summed E-state index contributed by atoms with van der Waals surface area (Å²) in [5.74, 6) is -9.10. The Morgan fingerprint density at radius 3 is 1.23 bits per heavy atom. The molecule has 270 valence electrons. The molecular weight excluding hydrogens is 713 g/mol. The summed E-state index contributed by atoms with van der Waals surface area (Å²) in [7, 11) is -22.4. The molecular formula is C28H35F9NO6S3-. The number of hydrogen-bond acceptors (Lipinski definition) is 6. The van der Waals surface area contributed by atoms with E-state index in [1.54, 1.807) is 0 Å². The summed E-state index contributed by atoms with van der Waals surface area (Å²) in [6, 6.07) is 2.69. The van der Waals surface area contributed by atoms with Crippen LogP contribution in [0.25, 0.3) is 4.13 Å². The van der Waals surface area contributed by atoms with Crippen LogP contribution < -0.4 is 0 Å². The first-order valence-electron chi connectivity index (χ1n) is 15.4. The number of sulfonamides is 2. The molecule has 0 unspecified atom stereocenters. The van der Waals surface area contributed by atoms with Crippen LogP contribution in [-0.4, -0.2) is 47.2 Å². The average molecular weight is 749 g/mol. The van der Waals surface area contributed by atoms with Crippen LogP contribution in [0.5, 0.6) is 0 Å². The summed E-state index contributed by atoms with van der Waals surface area (Å²) in [5.41, 5.74) is -6.62. The van der Waals surface area contributed by atoms with E-state index in [9.17, 15) is 47.2 Å².